The summed E-state index contributed by atoms with van der Waals surface area (Å²) in [6.07, 6.45) is 0.206. The smallest absolute Gasteiger partial charge is 0.269 e. The minimum Gasteiger partial charge on any atom is -0.379 e. The summed E-state index contributed by atoms with van der Waals surface area (Å²) in [4.78, 5) is 25.6. The number of rotatable bonds is 5. The predicted octanol–water partition coefficient (Wildman–Crippen LogP) is 6.20. The van der Waals surface area contributed by atoms with E-state index in [1.807, 2.05) is 4.90 Å². The van der Waals surface area contributed by atoms with Crippen molar-refractivity contribution in [3.63, 3.8) is 0 Å². The van der Waals surface area contributed by atoms with Gasteiger partial charge >= 0.3 is 0 Å². The van der Waals surface area contributed by atoms with Crippen molar-refractivity contribution >= 4 is 50.5 Å². The number of carbonyl (C=O) groups excluding carboxylic acids is 1. The minimum atomic E-state index is -1.14. The third-order valence-electron chi connectivity index (χ3n) is 6.41. The van der Waals surface area contributed by atoms with Crippen molar-refractivity contribution in [2.45, 2.75) is 25.5 Å². The van der Waals surface area contributed by atoms with E-state index in [4.69, 9.17) is 16.4 Å². The summed E-state index contributed by atoms with van der Waals surface area (Å²) in [5.41, 5.74) is 0.750. The molecular weight excluding hydrogens is 553 g/mol. The molecule has 1 aromatic heterocycles. The molecule has 3 aromatic rings. The number of nitrogens with zero attached hydrogens (tertiary/aromatic N) is 3. The van der Waals surface area contributed by atoms with Crippen LogP contribution in [0, 0.1) is 5.82 Å². The van der Waals surface area contributed by atoms with E-state index in [-0.39, 0.29) is 22.9 Å². The maximum atomic E-state index is 14.4. The van der Waals surface area contributed by atoms with Crippen LogP contribution in [0.1, 0.15) is 23.8 Å². The van der Waals surface area contributed by atoms with Crippen LogP contribution in [-0.4, -0.2) is 53.2 Å². The van der Waals surface area contributed by atoms with Gasteiger partial charge < -0.3 is 9.74 Å². The van der Waals surface area contributed by atoms with E-state index < -0.39 is 11.4 Å². The highest BCUT2D eigenvalue weighted by atomic mass is 79.9. The molecule has 2 aromatic carbocycles. The summed E-state index contributed by atoms with van der Waals surface area (Å²) >= 11 is 11.2. The van der Waals surface area contributed by atoms with Gasteiger partial charge in [-0.2, -0.15) is 0 Å². The number of hydrogen-bond acceptors (Lipinski definition) is 5. The van der Waals surface area contributed by atoms with Crippen molar-refractivity contribution in [3.05, 3.63) is 80.4 Å². The summed E-state index contributed by atoms with van der Waals surface area (Å²) in [6, 6.07) is 17.4. The SMILES string of the molecule is CC1(C(=O)N2CCN(Cc3ccc(-c4ccc(Br)cc4)s3)CC2)CC(c2cccc(Cl)c2F)=NO1. The fraction of sp³-hybridized carbons (Fsp3) is 0.308. The zero-order valence-corrected chi connectivity index (χ0v) is 22.3. The van der Waals surface area contributed by atoms with Crippen molar-refractivity contribution in [1.29, 1.82) is 0 Å². The Kier molecular flexibility index (Phi) is 6.99. The summed E-state index contributed by atoms with van der Waals surface area (Å²) in [6.45, 7) is 5.37. The van der Waals surface area contributed by atoms with Gasteiger partial charge in [0.25, 0.3) is 5.91 Å². The molecule has 0 spiro atoms. The van der Waals surface area contributed by atoms with E-state index >= 15 is 0 Å². The average Bonchev–Trinajstić information content (AvgIpc) is 3.49. The summed E-state index contributed by atoms with van der Waals surface area (Å²) in [5.74, 6) is -0.661. The number of benzene rings is 2. The second-order valence-electron chi connectivity index (χ2n) is 8.98. The van der Waals surface area contributed by atoms with Gasteiger partial charge in [0.15, 0.2) is 5.82 Å². The van der Waals surface area contributed by atoms with Crippen molar-refractivity contribution < 1.29 is 14.0 Å². The number of halogens is 3. The number of oxime groups is 1. The molecule has 9 heteroatoms. The predicted molar refractivity (Wildman–Crippen MR) is 141 cm³/mol. The second-order valence-corrected chi connectivity index (χ2v) is 11.5. The molecule has 5 rings (SSSR count). The first-order chi connectivity index (χ1) is 16.8. The molecule has 0 N–H and O–H groups in total. The molecule has 3 heterocycles. The largest absolute Gasteiger partial charge is 0.379 e. The van der Waals surface area contributed by atoms with E-state index in [2.05, 4.69) is 62.4 Å². The molecule has 35 heavy (non-hydrogen) atoms. The van der Waals surface area contributed by atoms with Gasteiger partial charge in [-0.25, -0.2) is 4.39 Å². The molecule has 0 saturated carbocycles. The van der Waals surface area contributed by atoms with Crippen molar-refractivity contribution in [2.75, 3.05) is 26.2 Å². The Morgan fingerprint density at radius 1 is 1.14 bits per heavy atom. The Labute approximate surface area is 221 Å². The number of thiophene rings is 1. The first-order valence-electron chi connectivity index (χ1n) is 11.4. The highest BCUT2D eigenvalue weighted by molar-refractivity contribution is 9.10. The molecule has 2 aliphatic heterocycles. The molecule has 5 nitrogen and oxygen atoms in total. The summed E-state index contributed by atoms with van der Waals surface area (Å²) in [5, 5.41) is 4.06. The molecule has 1 atom stereocenters. The molecule has 1 unspecified atom stereocenters. The summed E-state index contributed by atoms with van der Waals surface area (Å²) < 4.78 is 15.5. The lowest BCUT2D eigenvalue weighted by atomic mass is 9.94. The first-order valence-corrected chi connectivity index (χ1v) is 13.4. The van der Waals surface area contributed by atoms with Gasteiger partial charge in [0.05, 0.1) is 10.7 Å². The van der Waals surface area contributed by atoms with E-state index in [1.165, 1.54) is 21.4 Å². The highest BCUT2D eigenvalue weighted by Gasteiger charge is 2.45. The molecular formula is C26H24BrClFN3O2S. The van der Waals surface area contributed by atoms with Crippen LogP contribution in [0.3, 0.4) is 0 Å². The number of hydrogen-bond donors (Lipinski definition) is 0. The molecule has 2 aliphatic rings. The van der Waals surface area contributed by atoms with Gasteiger partial charge in [-0.15, -0.1) is 11.3 Å². The number of piperazine rings is 1. The van der Waals surface area contributed by atoms with Gasteiger partial charge in [0, 0.05) is 58.9 Å². The van der Waals surface area contributed by atoms with Crippen LogP contribution >= 0.6 is 38.9 Å². The lowest BCUT2D eigenvalue weighted by Crippen LogP contribution is -2.54. The quantitative estimate of drug-likeness (QED) is 0.363. The van der Waals surface area contributed by atoms with Gasteiger partial charge in [-0.05, 0) is 48.9 Å². The Morgan fingerprint density at radius 2 is 1.89 bits per heavy atom. The van der Waals surface area contributed by atoms with E-state index in [1.54, 1.807) is 30.4 Å². The topological polar surface area (TPSA) is 45.1 Å². The van der Waals surface area contributed by atoms with Crippen LogP contribution in [0.5, 0.6) is 0 Å². The van der Waals surface area contributed by atoms with Crippen LogP contribution in [0.25, 0.3) is 10.4 Å². The van der Waals surface area contributed by atoms with Gasteiger partial charge in [-0.1, -0.05) is 50.9 Å². The molecule has 0 radical (unpaired) electrons. The van der Waals surface area contributed by atoms with Crippen molar-refractivity contribution in [2.24, 2.45) is 5.16 Å². The Hall–Kier alpha value is -2.26. The van der Waals surface area contributed by atoms with Gasteiger partial charge in [-0.3, -0.25) is 9.69 Å². The first kappa shape index (κ1) is 24.4. The maximum absolute atomic E-state index is 14.4. The molecule has 1 saturated heterocycles. The van der Waals surface area contributed by atoms with Crippen LogP contribution in [0.2, 0.25) is 5.02 Å². The third-order valence-corrected chi connectivity index (χ3v) is 8.35. The zero-order valence-electron chi connectivity index (χ0n) is 19.1. The second kappa shape index (κ2) is 10.0. The number of amides is 1. The molecule has 1 amide bonds. The summed E-state index contributed by atoms with van der Waals surface area (Å²) in [7, 11) is 0. The van der Waals surface area contributed by atoms with E-state index in [0.29, 0.717) is 18.8 Å². The third kappa shape index (κ3) is 5.16. The monoisotopic (exact) mass is 575 g/mol. The normalized spacial score (nSPS) is 20.6. The highest BCUT2D eigenvalue weighted by Crippen LogP contribution is 2.32. The van der Waals surface area contributed by atoms with Crippen molar-refractivity contribution in [1.82, 2.24) is 9.80 Å². The Bertz CT molecular complexity index is 1270. The standard InChI is InChI=1S/C26H24BrClFN3O2S/c1-26(15-22(30-34-26)20-3-2-4-21(28)24(20)29)25(33)32-13-11-31(12-14-32)16-19-9-10-23(35-19)17-5-7-18(27)8-6-17/h2-10H,11-16H2,1H3. The maximum Gasteiger partial charge on any atom is 0.269 e. The molecule has 1 fully saturated rings. The van der Waals surface area contributed by atoms with Crippen LogP contribution < -0.4 is 0 Å². The Morgan fingerprint density at radius 3 is 2.63 bits per heavy atom. The molecule has 0 bridgehead atoms. The number of carbonyl (C=O) groups is 1. The average molecular weight is 577 g/mol. The van der Waals surface area contributed by atoms with E-state index in [0.717, 1.165) is 24.1 Å². The fourth-order valence-electron chi connectivity index (χ4n) is 4.42. The fourth-order valence-corrected chi connectivity index (χ4v) is 5.92. The molecule has 182 valence electrons. The lowest BCUT2D eigenvalue weighted by Gasteiger charge is -2.37. The van der Waals surface area contributed by atoms with Gasteiger partial charge in [0.1, 0.15) is 0 Å². The van der Waals surface area contributed by atoms with Crippen LogP contribution in [0.15, 0.2) is 64.2 Å². The minimum absolute atomic E-state index is 0.0240. The van der Waals surface area contributed by atoms with Crippen LogP contribution in [-0.2, 0) is 16.2 Å². The van der Waals surface area contributed by atoms with Gasteiger partial charge in [0.2, 0.25) is 5.60 Å². The lowest BCUT2D eigenvalue weighted by molar-refractivity contribution is -0.155. The van der Waals surface area contributed by atoms with E-state index in [9.17, 15) is 9.18 Å². The zero-order chi connectivity index (χ0) is 24.6. The van der Waals surface area contributed by atoms with Crippen molar-refractivity contribution in [3.8, 4) is 10.4 Å². The van der Waals surface area contributed by atoms with Crippen LogP contribution in [0.4, 0.5) is 4.39 Å². The molecule has 0 aliphatic carbocycles. The Balaban J connectivity index is 1.16.